The summed E-state index contributed by atoms with van der Waals surface area (Å²) < 4.78 is 0. The highest BCUT2D eigenvalue weighted by molar-refractivity contribution is 5.54. The van der Waals surface area contributed by atoms with Gasteiger partial charge in [0.15, 0.2) is 0 Å². The van der Waals surface area contributed by atoms with Crippen molar-refractivity contribution in [2.45, 2.75) is 46.0 Å². The van der Waals surface area contributed by atoms with Crippen LogP contribution in [0.1, 0.15) is 44.7 Å². The largest absolute Gasteiger partial charge is 0.396 e. The van der Waals surface area contributed by atoms with E-state index in [1.165, 1.54) is 16.8 Å². The molecule has 0 aliphatic heterocycles. The number of nitrogens with one attached hydrogen (secondary N) is 1. The van der Waals surface area contributed by atoms with Gasteiger partial charge in [-0.1, -0.05) is 32.9 Å². The van der Waals surface area contributed by atoms with E-state index in [9.17, 15) is 5.11 Å². The van der Waals surface area contributed by atoms with Gasteiger partial charge in [0.2, 0.25) is 0 Å². The zero-order chi connectivity index (χ0) is 13.4. The number of anilines is 1. The van der Waals surface area contributed by atoms with Crippen LogP contribution in [-0.2, 0) is 5.41 Å². The van der Waals surface area contributed by atoms with E-state index in [4.69, 9.17) is 0 Å². The topological polar surface area (TPSA) is 32.3 Å². The third kappa shape index (κ3) is 2.86. The Morgan fingerprint density at radius 3 is 2.44 bits per heavy atom. The summed E-state index contributed by atoms with van der Waals surface area (Å²) in [6.45, 7) is 10.0. The van der Waals surface area contributed by atoms with Gasteiger partial charge in [-0.2, -0.15) is 0 Å². The van der Waals surface area contributed by atoms with E-state index in [-0.39, 0.29) is 10.8 Å². The first-order valence-electron chi connectivity index (χ1n) is 6.82. The maximum Gasteiger partial charge on any atom is 0.0504 e. The second-order valence-electron chi connectivity index (χ2n) is 6.79. The molecule has 1 aliphatic carbocycles. The van der Waals surface area contributed by atoms with E-state index >= 15 is 0 Å². The molecule has 1 fully saturated rings. The minimum atomic E-state index is 0.157. The number of aliphatic hydroxyl groups excluding tert-OH is 1. The quantitative estimate of drug-likeness (QED) is 0.854. The van der Waals surface area contributed by atoms with Crippen molar-refractivity contribution in [3.63, 3.8) is 0 Å². The van der Waals surface area contributed by atoms with Crippen molar-refractivity contribution in [2.75, 3.05) is 18.5 Å². The fraction of sp³-hybridized carbons (Fsp3) is 0.625. The molecule has 0 atom stereocenters. The van der Waals surface area contributed by atoms with E-state index in [0.717, 1.165) is 19.4 Å². The Bertz CT molecular complexity index is 427. The molecule has 0 unspecified atom stereocenters. The average molecular weight is 247 g/mol. The third-order valence-corrected chi connectivity index (χ3v) is 4.05. The number of rotatable bonds is 4. The summed E-state index contributed by atoms with van der Waals surface area (Å²) in [5.41, 5.74) is 4.17. The lowest BCUT2D eigenvalue weighted by Crippen LogP contribution is -2.20. The molecule has 0 heterocycles. The molecule has 0 saturated heterocycles. The Hall–Kier alpha value is -1.02. The van der Waals surface area contributed by atoms with Crippen LogP contribution in [0.4, 0.5) is 5.69 Å². The van der Waals surface area contributed by atoms with Crippen LogP contribution in [0.2, 0.25) is 0 Å². The first kappa shape index (κ1) is 13.4. The Labute approximate surface area is 110 Å². The average Bonchev–Trinajstić information content (AvgIpc) is 3.07. The minimum absolute atomic E-state index is 0.157. The SMILES string of the molecule is Cc1ccc(C(C)(C)C)cc1NCC1(CO)CC1. The Balaban J connectivity index is 2.12. The molecule has 0 spiro atoms. The zero-order valence-electron chi connectivity index (χ0n) is 12.0. The van der Waals surface area contributed by atoms with Gasteiger partial charge in [0.1, 0.15) is 0 Å². The molecule has 0 radical (unpaired) electrons. The highest BCUT2D eigenvalue weighted by Crippen LogP contribution is 2.45. The molecule has 1 aromatic rings. The number of hydrogen-bond acceptors (Lipinski definition) is 2. The maximum absolute atomic E-state index is 9.35. The van der Waals surface area contributed by atoms with Gasteiger partial charge in [0, 0.05) is 17.6 Å². The fourth-order valence-corrected chi connectivity index (χ4v) is 2.13. The molecule has 1 aromatic carbocycles. The van der Waals surface area contributed by atoms with Crippen molar-refractivity contribution in [2.24, 2.45) is 5.41 Å². The van der Waals surface area contributed by atoms with Crippen molar-refractivity contribution in [1.82, 2.24) is 0 Å². The second-order valence-corrected chi connectivity index (χ2v) is 6.79. The van der Waals surface area contributed by atoms with Gasteiger partial charge in [-0.15, -0.1) is 0 Å². The van der Waals surface area contributed by atoms with Crippen LogP contribution >= 0.6 is 0 Å². The van der Waals surface area contributed by atoms with Crippen molar-refractivity contribution in [3.05, 3.63) is 29.3 Å². The number of benzene rings is 1. The molecular formula is C16H25NO. The Kier molecular flexibility index (Phi) is 3.41. The van der Waals surface area contributed by atoms with Gasteiger partial charge in [-0.3, -0.25) is 0 Å². The Morgan fingerprint density at radius 2 is 1.94 bits per heavy atom. The molecule has 2 N–H and O–H groups in total. The summed E-state index contributed by atoms with van der Waals surface area (Å²) in [7, 11) is 0. The highest BCUT2D eigenvalue weighted by atomic mass is 16.3. The van der Waals surface area contributed by atoms with Crippen LogP contribution in [0.15, 0.2) is 18.2 Å². The molecule has 2 nitrogen and oxygen atoms in total. The normalized spacial score (nSPS) is 17.6. The Morgan fingerprint density at radius 1 is 1.28 bits per heavy atom. The second kappa shape index (κ2) is 4.58. The highest BCUT2D eigenvalue weighted by Gasteiger charge is 2.41. The van der Waals surface area contributed by atoms with Gasteiger partial charge in [0.05, 0.1) is 6.61 Å². The van der Waals surface area contributed by atoms with E-state index in [2.05, 4.69) is 51.2 Å². The van der Waals surface area contributed by atoms with Crippen molar-refractivity contribution >= 4 is 5.69 Å². The van der Waals surface area contributed by atoms with Crippen LogP contribution in [-0.4, -0.2) is 18.3 Å². The monoisotopic (exact) mass is 247 g/mol. The molecule has 0 aromatic heterocycles. The molecule has 2 rings (SSSR count). The number of hydrogen-bond donors (Lipinski definition) is 2. The first-order valence-corrected chi connectivity index (χ1v) is 6.82. The van der Waals surface area contributed by atoms with Gasteiger partial charge in [-0.05, 0) is 42.4 Å². The molecule has 0 amide bonds. The van der Waals surface area contributed by atoms with Crippen LogP contribution < -0.4 is 5.32 Å². The van der Waals surface area contributed by atoms with Crippen LogP contribution in [0.25, 0.3) is 0 Å². The van der Waals surface area contributed by atoms with Gasteiger partial charge in [0.25, 0.3) is 0 Å². The van der Waals surface area contributed by atoms with Crippen LogP contribution in [0.5, 0.6) is 0 Å². The minimum Gasteiger partial charge on any atom is -0.396 e. The summed E-state index contributed by atoms with van der Waals surface area (Å²) in [4.78, 5) is 0. The predicted octanol–water partition coefficient (Wildman–Crippen LogP) is 3.48. The fourth-order valence-electron chi connectivity index (χ4n) is 2.13. The summed E-state index contributed by atoms with van der Waals surface area (Å²) in [6.07, 6.45) is 2.29. The lowest BCUT2D eigenvalue weighted by molar-refractivity contribution is 0.220. The molecular weight excluding hydrogens is 222 g/mol. The van der Waals surface area contributed by atoms with Gasteiger partial charge >= 0.3 is 0 Å². The van der Waals surface area contributed by atoms with Crippen molar-refractivity contribution in [3.8, 4) is 0 Å². The summed E-state index contributed by atoms with van der Waals surface area (Å²) in [5, 5.41) is 12.9. The predicted molar refractivity (Wildman–Crippen MR) is 77.1 cm³/mol. The molecule has 1 saturated carbocycles. The van der Waals surface area contributed by atoms with Crippen LogP contribution in [0, 0.1) is 12.3 Å². The lowest BCUT2D eigenvalue weighted by atomic mass is 9.86. The number of aryl methyl sites for hydroxylation is 1. The first-order chi connectivity index (χ1) is 8.36. The molecule has 18 heavy (non-hydrogen) atoms. The third-order valence-electron chi connectivity index (χ3n) is 4.05. The number of aliphatic hydroxyl groups is 1. The molecule has 1 aliphatic rings. The van der Waals surface area contributed by atoms with E-state index in [0.29, 0.717) is 6.61 Å². The standard InChI is InChI=1S/C16H25NO/c1-12-5-6-13(15(2,3)4)9-14(12)17-10-16(11-18)7-8-16/h5-6,9,17-18H,7-8,10-11H2,1-4H3. The van der Waals surface area contributed by atoms with E-state index in [1.807, 2.05) is 0 Å². The molecule has 100 valence electrons. The zero-order valence-corrected chi connectivity index (χ0v) is 12.0. The van der Waals surface area contributed by atoms with Gasteiger partial charge in [-0.25, -0.2) is 0 Å². The molecule has 2 heteroatoms. The van der Waals surface area contributed by atoms with Crippen LogP contribution in [0.3, 0.4) is 0 Å². The van der Waals surface area contributed by atoms with E-state index in [1.54, 1.807) is 0 Å². The maximum atomic E-state index is 9.35. The smallest absolute Gasteiger partial charge is 0.0504 e. The molecule has 0 bridgehead atoms. The van der Waals surface area contributed by atoms with Crippen molar-refractivity contribution < 1.29 is 5.11 Å². The summed E-state index contributed by atoms with van der Waals surface area (Å²) in [6, 6.07) is 6.64. The lowest BCUT2D eigenvalue weighted by Gasteiger charge is -2.22. The van der Waals surface area contributed by atoms with Crippen molar-refractivity contribution in [1.29, 1.82) is 0 Å². The summed E-state index contributed by atoms with van der Waals surface area (Å²) >= 11 is 0. The summed E-state index contributed by atoms with van der Waals surface area (Å²) in [5.74, 6) is 0. The van der Waals surface area contributed by atoms with E-state index < -0.39 is 0 Å². The van der Waals surface area contributed by atoms with Gasteiger partial charge < -0.3 is 10.4 Å².